The summed E-state index contributed by atoms with van der Waals surface area (Å²) in [6.07, 6.45) is 5.59. The lowest BCUT2D eigenvalue weighted by Crippen LogP contribution is -2.34. The fourth-order valence-corrected chi connectivity index (χ4v) is 3.51. The number of carbonyl (C=O) groups is 1. The number of nitrogens with zero attached hydrogens (tertiary/aromatic N) is 2. The van der Waals surface area contributed by atoms with Crippen molar-refractivity contribution >= 4 is 15.9 Å². The Labute approximate surface area is 153 Å². The van der Waals surface area contributed by atoms with E-state index in [9.17, 15) is 13.2 Å². The summed E-state index contributed by atoms with van der Waals surface area (Å²) in [5.41, 5.74) is 2.87. The molecule has 3 rings (SSSR count). The van der Waals surface area contributed by atoms with Crippen LogP contribution in [0.15, 0.2) is 36.5 Å². The Morgan fingerprint density at radius 3 is 2.77 bits per heavy atom. The van der Waals surface area contributed by atoms with Crippen molar-refractivity contribution in [1.82, 2.24) is 20.0 Å². The first-order valence-corrected chi connectivity index (χ1v) is 10.5. The number of fused-ring (bicyclic) bond motifs is 1. The largest absolute Gasteiger partial charge is 0.349 e. The van der Waals surface area contributed by atoms with E-state index in [1.807, 2.05) is 30.3 Å². The van der Waals surface area contributed by atoms with Crippen molar-refractivity contribution in [2.75, 3.05) is 12.8 Å². The van der Waals surface area contributed by atoms with Crippen LogP contribution in [-0.4, -0.2) is 37.1 Å². The molecule has 26 heavy (non-hydrogen) atoms. The van der Waals surface area contributed by atoms with Gasteiger partial charge in [-0.05, 0) is 19.3 Å². The lowest BCUT2D eigenvalue weighted by molar-refractivity contribution is -0.121. The maximum absolute atomic E-state index is 12.1. The molecule has 7 nitrogen and oxygen atoms in total. The van der Waals surface area contributed by atoms with E-state index in [2.05, 4.69) is 20.0 Å². The zero-order valence-corrected chi connectivity index (χ0v) is 15.4. The number of aromatic nitrogens is 2. The average molecular weight is 374 g/mol. The van der Waals surface area contributed by atoms with E-state index in [0.717, 1.165) is 42.3 Å². The first-order chi connectivity index (χ1) is 12.4. The molecular formula is C18H22N4O3S. The smallest absolute Gasteiger partial charge is 0.221 e. The van der Waals surface area contributed by atoms with Gasteiger partial charge < -0.3 is 5.32 Å². The van der Waals surface area contributed by atoms with Crippen molar-refractivity contribution in [1.29, 1.82) is 0 Å². The molecule has 1 atom stereocenters. The lowest BCUT2D eigenvalue weighted by Gasteiger charge is -2.25. The first-order valence-electron chi connectivity index (χ1n) is 8.57. The van der Waals surface area contributed by atoms with Gasteiger partial charge in [0.15, 0.2) is 5.82 Å². The van der Waals surface area contributed by atoms with Crippen molar-refractivity contribution in [3.05, 3.63) is 47.8 Å². The van der Waals surface area contributed by atoms with E-state index in [1.54, 1.807) is 6.20 Å². The summed E-state index contributed by atoms with van der Waals surface area (Å²) in [4.78, 5) is 21.3. The molecule has 1 aliphatic rings. The third-order valence-corrected chi connectivity index (χ3v) is 4.99. The molecule has 0 aliphatic heterocycles. The monoisotopic (exact) mass is 374 g/mol. The van der Waals surface area contributed by atoms with Gasteiger partial charge in [-0.1, -0.05) is 30.3 Å². The number of hydrogen-bond acceptors (Lipinski definition) is 5. The molecule has 0 saturated heterocycles. The Morgan fingerprint density at radius 2 is 2.04 bits per heavy atom. The van der Waals surface area contributed by atoms with Crippen molar-refractivity contribution in [3.63, 3.8) is 0 Å². The molecule has 1 aromatic carbocycles. The van der Waals surface area contributed by atoms with Crippen molar-refractivity contribution in [3.8, 4) is 11.4 Å². The number of nitrogens with one attached hydrogen (secondary N) is 2. The summed E-state index contributed by atoms with van der Waals surface area (Å²) in [5, 5.41) is 2.97. The molecule has 1 heterocycles. The van der Waals surface area contributed by atoms with E-state index in [4.69, 9.17) is 0 Å². The molecule has 0 fully saturated rings. The maximum atomic E-state index is 12.1. The summed E-state index contributed by atoms with van der Waals surface area (Å²) in [6, 6.07) is 9.66. The molecule has 0 bridgehead atoms. The highest BCUT2D eigenvalue weighted by Crippen LogP contribution is 2.29. The molecule has 0 unspecified atom stereocenters. The van der Waals surface area contributed by atoms with Gasteiger partial charge >= 0.3 is 0 Å². The third kappa shape index (κ3) is 4.86. The van der Waals surface area contributed by atoms with Crippen LogP contribution in [0.4, 0.5) is 0 Å². The predicted octanol–water partition coefficient (Wildman–Crippen LogP) is 1.58. The van der Waals surface area contributed by atoms with Crippen molar-refractivity contribution in [2.24, 2.45) is 0 Å². The van der Waals surface area contributed by atoms with Gasteiger partial charge in [0.25, 0.3) is 0 Å². The molecular weight excluding hydrogens is 352 g/mol. The summed E-state index contributed by atoms with van der Waals surface area (Å²) in [7, 11) is -3.28. The van der Waals surface area contributed by atoms with Crippen LogP contribution >= 0.6 is 0 Å². The fraction of sp³-hybridized carbons (Fsp3) is 0.389. The van der Waals surface area contributed by atoms with Gasteiger partial charge in [-0.3, -0.25) is 4.79 Å². The Kier molecular flexibility index (Phi) is 5.63. The summed E-state index contributed by atoms with van der Waals surface area (Å²) < 4.78 is 24.4. The molecule has 1 aliphatic carbocycles. The van der Waals surface area contributed by atoms with Crippen LogP contribution in [-0.2, 0) is 21.2 Å². The van der Waals surface area contributed by atoms with Crippen LogP contribution in [0, 0.1) is 0 Å². The summed E-state index contributed by atoms with van der Waals surface area (Å²) in [5.74, 6) is 0.500. The summed E-state index contributed by atoms with van der Waals surface area (Å²) >= 11 is 0. The van der Waals surface area contributed by atoms with Crippen molar-refractivity contribution in [2.45, 2.75) is 31.7 Å². The second-order valence-electron chi connectivity index (χ2n) is 6.39. The first kappa shape index (κ1) is 18.5. The highest BCUT2D eigenvalue weighted by Gasteiger charge is 2.24. The highest BCUT2D eigenvalue weighted by atomic mass is 32.2. The van der Waals surface area contributed by atoms with E-state index in [1.165, 1.54) is 0 Å². The SMILES string of the molecule is CS(=O)(=O)NCCC(=O)N[C@@H]1CCCc2nc(-c3ccccc3)ncc21. The third-order valence-electron chi connectivity index (χ3n) is 4.27. The highest BCUT2D eigenvalue weighted by molar-refractivity contribution is 7.88. The number of aryl methyl sites for hydroxylation is 1. The van der Waals surface area contributed by atoms with Gasteiger partial charge in [0.05, 0.1) is 12.3 Å². The number of benzene rings is 1. The second-order valence-corrected chi connectivity index (χ2v) is 8.22. The maximum Gasteiger partial charge on any atom is 0.221 e. The molecule has 2 N–H and O–H groups in total. The average Bonchev–Trinajstić information content (AvgIpc) is 2.61. The Hall–Kier alpha value is -2.32. The van der Waals surface area contributed by atoms with Crippen LogP contribution in [0.3, 0.4) is 0 Å². The van der Waals surface area contributed by atoms with E-state index < -0.39 is 10.0 Å². The van der Waals surface area contributed by atoms with E-state index in [0.29, 0.717) is 5.82 Å². The number of sulfonamides is 1. The Balaban J connectivity index is 1.68. The standard InChI is InChI=1S/C18H22N4O3S/c1-26(24,25)20-11-10-17(23)21-15-8-5-9-16-14(15)12-19-18(22-16)13-6-3-2-4-7-13/h2-4,6-7,12,15,20H,5,8-11H2,1H3,(H,21,23)/t15-/m1/s1. The topological polar surface area (TPSA) is 101 Å². The fourth-order valence-electron chi connectivity index (χ4n) is 3.04. The van der Waals surface area contributed by atoms with Crippen LogP contribution in [0.1, 0.15) is 36.6 Å². The molecule has 138 valence electrons. The normalized spacial score (nSPS) is 16.7. The van der Waals surface area contributed by atoms with Gasteiger partial charge in [-0.25, -0.2) is 23.1 Å². The molecule has 2 aromatic rings. The number of amides is 1. The van der Waals surface area contributed by atoms with Gasteiger partial charge in [0.1, 0.15) is 0 Å². The molecule has 1 amide bonds. The molecule has 0 spiro atoms. The zero-order chi connectivity index (χ0) is 18.6. The number of hydrogen-bond donors (Lipinski definition) is 2. The van der Waals surface area contributed by atoms with Crippen LogP contribution in [0.25, 0.3) is 11.4 Å². The molecule has 0 radical (unpaired) electrons. The van der Waals surface area contributed by atoms with Gasteiger partial charge in [0, 0.05) is 36.0 Å². The number of rotatable bonds is 6. The quantitative estimate of drug-likeness (QED) is 0.799. The minimum absolute atomic E-state index is 0.0910. The van der Waals surface area contributed by atoms with Crippen LogP contribution in [0.2, 0.25) is 0 Å². The van der Waals surface area contributed by atoms with Gasteiger partial charge in [-0.15, -0.1) is 0 Å². The van der Waals surface area contributed by atoms with Gasteiger partial charge in [0.2, 0.25) is 15.9 Å². The number of carbonyl (C=O) groups excluding carboxylic acids is 1. The second kappa shape index (κ2) is 7.92. The Bertz CT molecular complexity index is 885. The molecule has 0 saturated carbocycles. The molecule has 1 aromatic heterocycles. The van der Waals surface area contributed by atoms with Crippen molar-refractivity contribution < 1.29 is 13.2 Å². The van der Waals surface area contributed by atoms with E-state index >= 15 is 0 Å². The van der Waals surface area contributed by atoms with Crippen LogP contribution < -0.4 is 10.0 Å². The minimum Gasteiger partial charge on any atom is -0.349 e. The summed E-state index contributed by atoms with van der Waals surface area (Å²) in [6.45, 7) is 0.0910. The predicted molar refractivity (Wildman–Crippen MR) is 98.8 cm³/mol. The molecule has 8 heteroatoms. The minimum atomic E-state index is -3.28. The lowest BCUT2D eigenvalue weighted by atomic mass is 9.92. The van der Waals surface area contributed by atoms with Crippen LogP contribution in [0.5, 0.6) is 0 Å². The Morgan fingerprint density at radius 1 is 1.27 bits per heavy atom. The van der Waals surface area contributed by atoms with Gasteiger partial charge in [-0.2, -0.15) is 0 Å². The van der Waals surface area contributed by atoms with E-state index in [-0.39, 0.29) is 24.9 Å². The zero-order valence-electron chi connectivity index (χ0n) is 14.6.